The Morgan fingerprint density at radius 2 is 1.94 bits per heavy atom. The van der Waals surface area contributed by atoms with E-state index in [0.717, 1.165) is 31.2 Å². The first-order valence-electron chi connectivity index (χ1n) is 6.36. The summed E-state index contributed by atoms with van der Waals surface area (Å²) < 4.78 is 0. The number of rotatable bonds is 7. The minimum absolute atomic E-state index is 0.270. The normalized spacial score (nSPS) is 10.2. The molecule has 0 atom stereocenters. The molecule has 1 rings (SSSR count). The molecule has 0 aromatic heterocycles. The summed E-state index contributed by atoms with van der Waals surface area (Å²) in [5, 5.41) is 0. The van der Waals surface area contributed by atoms with Crippen LogP contribution < -0.4 is 0 Å². The highest BCUT2D eigenvalue weighted by molar-refractivity contribution is 5.96. The van der Waals surface area contributed by atoms with E-state index in [4.69, 9.17) is 0 Å². The number of unbranched alkanes of at least 4 members (excludes halogenated alkanes) is 3. The van der Waals surface area contributed by atoms with Gasteiger partial charge in [-0.2, -0.15) is 0 Å². The van der Waals surface area contributed by atoms with Gasteiger partial charge in [0.15, 0.2) is 5.78 Å². The molecule has 0 unspecified atom stereocenters. The standard InChI is InChI=1S/C16H22O/c1-4-5-6-7-8-9-16(17)15-11-10-13(2)14(3)12-15/h4,10-12H,1,5-9H2,2-3H3. The molecule has 92 valence electrons. The van der Waals surface area contributed by atoms with Gasteiger partial charge >= 0.3 is 0 Å². The number of ketones is 1. The molecule has 0 spiro atoms. The lowest BCUT2D eigenvalue weighted by molar-refractivity contribution is 0.0979. The van der Waals surface area contributed by atoms with E-state index in [-0.39, 0.29) is 5.78 Å². The lowest BCUT2D eigenvalue weighted by Gasteiger charge is -2.04. The molecule has 0 bridgehead atoms. The van der Waals surface area contributed by atoms with Gasteiger partial charge in [-0.3, -0.25) is 4.79 Å². The minimum Gasteiger partial charge on any atom is -0.294 e. The summed E-state index contributed by atoms with van der Waals surface area (Å²) in [4.78, 5) is 11.9. The molecule has 1 nitrogen and oxygen atoms in total. The molecular weight excluding hydrogens is 208 g/mol. The van der Waals surface area contributed by atoms with Gasteiger partial charge in [-0.15, -0.1) is 6.58 Å². The average Bonchev–Trinajstić information content (AvgIpc) is 2.32. The molecule has 0 heterocycles. The second kappa shape index (κ2) is 7.05. The van der Waals surface area contributed by atoms with Crippen molar-refractivity contribution in [1.82, 2.24) is 0 Å². The second-order valence-electron chi connectivity index (χ2n) is 4.61. The van der Waals surface area contributed by atoms with Gasteiger partial charge in [-0.1, -0.05) is 24.6 Å². The SMILES string of the molecule is C=CCCCCCC(=O)c1ccc(C)c(C)c1. The molecule has 1 heteroatoms. The summed E-state index contributed by atoms with van der Waals surface area (Å²) in [6.45, 7) is 7.81. The predicted molar refractivity (Wildman–Crippen MR) is 73.5 cm³/mol. The number of carbonyl (C=O) groups is 1. The van der Waals surface area contributed by atoms with Crippen molar-refractivity contribution in [3.05, 3.63) is 47.5 Å². The Hall–Kier alpha value is -1.37. The monoisotopic (exact) mass is 230 g/mol. The van der Waals surface area contributed by atoms with E-state index in [1.807, 2.05) is 24.3 Å². The molecule has 0 N–H and O–H groups in total. The largest absolute Gasteiger partial charge is 0.294 e. The lowest BCUT2D eigenvalue weighted by Crippen LogP contribution is -2.00. The Balaban J connectivity index is 2.41. The van der Waals surface area contributed by atoms with Crippen LogP contribution in [0.2, 0.25) is 0 Å². The van der Waals surface area contributed by atoms with Crippen LogP contribution in [0.3, 0.4) is 0 Å². The van der Waals surface area contributed by atoms with Gasteiger partial charge in [0, 0.05) is 12.0 Å². The number of benzene rings is 1. The topological polar surface area (TPSA) is 17.1 Å². The van der Waals surface area contributed by atoms with Gasteiger partial charge in [0.25, 0.3) is 0 Å². The maximum absolute atomic E-state index is 11.9. The Morgan fingerprint density at radius 1 is 1.18 bits per heavy atom. The predicted octanol–water partition coefficient (Wildman–Crippen LogP) is 4.62. The van der Waals surface area contributed by atoms with E-state index < -0.39 is 0 Å². The molecule has 0 fully saturated rings. The van der Waals surface area contributed by atoms with Crippen LogP contribution in [0.15, 0.2) is 30.9 Å². The quantitative estimate of drug-likeness (QED) is 0.379. The number of hydrogen-bond donors (Lipinski definition) is 0. The summed E-state index contributed by atoms with van der Waals surface area (Å²) in [7, 11) is 0. The van der Waals surface area contributed by atoms with Crippen molar-refractivity contribution in [2.45, 2.75) is 46.0 Å². The van der Waals surface area contributed by atoms with Crippen LogP contribution in [0.5, 0.6) is 0 Å². The van der Waals surface area contributed by atoms with Crippen molar-refractivity contribution in [3.63, 3.8) is 0 Å². The fourth-order valence-electron chi connectivity index (χ4n) is 1.81. The van der Waals surface area contributed by atoms with Crippen molar-refractivity contribution in [2.75, 3.05) is 0 Å². The van der Waals surface area contributed by atoms with E-state index in [2.05, 4.69) is 20.4 Å². The van der Waals surface area contributed by atoms with Crippen LogP contribution in [0.1, 0.15) is 53.6 Å². The molecule has 0 radical (unpaired) electrons. The average molecular weight is 230 g/mol. The number of aryl methyl sites for hydroxylation is 2. The van der Waals surface area contributed by atoms with Crippen molar-refractivity contribution >= 4 is 5.78 Å². The van der Waals surface area contributed by atoms with Crippen LogP contribution in [0.25, 0.3) is 0 Å². The zero-order valence-corrected chi connectivity index (χ0v) is 11.0. The fraction of sp³-hybridized carbons (Fsp3) is 0.438. The Kier molecular flexibility index (Phi) is 5.68. The highest BCUT2D eigenvalue weighted by atomic mass is 16.1. The molecule has 1 aromatic rings. The highest BCUT2D eigenvalue weighted by Crippen LogP contribution is 2.13. The first-order chi connectivity index (χ1) is 8.15. The van der Waals surface area contributed by atoms with Crippen LogP contribution in [-0.4, -0.2) is 5.78 Å². The third kappa shape index (κ3) is 4.56. The Bertz CT molecular complexity index is 391. The fourth-order valence-corrected chi connectivity index (χ4v) is 1.81. The maximum Gasteiger partial charge on any atom is 0.162 e. The summed E-state index contributed by atoms with van der Waals surface area (Å²) in [5.41, 5.74) is 3.30. The van der Waals surface area contributed by atoms with Gasteiger partial charge in [0.1, 0.15) is 0 Å². The van der Waals surface area contributed by atoms with E-state index in [1.54, 1.807) is 0 Å². The van der Waals surface area contributed by atoms with Gasteiger partial charge in [-0.05, 0) is 50.3 Å². The molecule has 1 aromatic carbocycles. The molecule has 0 saturated heterocycles. The summed E-state index contributed by atoms with van der Waals surface area (Å²) >= 11 is 0. The molecule has 0 saturated carbocycles. The number of carbonyl (C=O) groups excluding carboxylic acids is 1. The molecule has 0 aliphatic heterocycles. The van der Waals surface area contributed by atoms with Crippen LogP contribution >= 0.6 is 0 Å². The van der Waals surface area contributed by atoms with Crippen molar-refractivity contribution in [1.29, 1.82) is 0 Å². The summed E-state index contributed by atoms with van der Waals surface area (Å²) in [6, 6.07) is 5.97. The third-order valence-electron chi connectivity index (χ3n) is 3.14. The molecular formula is C16H22O. The van der Waals surface area contributed by atoms with Gasteiger partial charge < -0.3 is 0 Å². The summed E-state index contributed by atoms with van der Waals surface area (Å²) in [6.07, 6.45) is 6.90. The highest BCUT2D eigenvalue weighted by Gasteiger charge is 2.06. The van der Waals surface area contributed by atoms with Crippen LogP contribution in [0, 0.1) is 13.8 Å². The van der Waals surface area contributed by atoms with Gasteiger partial charge in [-0.25, -0.2) is 0 Å². The molecule has 0 aliphatic rings. The lowest BCUT2D eigenvalue weighted by atomic mass is 10.00. The van der Waals surface area contributed by atoms with Crippen LogP contribution in [-0.2, 0) is 0 Å². The van der Waals surface area contributed by atoms with E-state index >= 15 is 0 Å². The van der Waals surface area contributed by atoms with Crippen molar-refractivity contribution < 1.29 is 4.79 Å². The van der Waals surface area contributed by atoms with Gasteiger partial charge in [0.05, 0.1) is 0 Å². The number of hydrogen-bond acceptors (Lipinski definition) is 1. The van der Waals surface area contributed by atoms with E-state index in [9.17, 15) is 4.79 Å². The van der Waals surface area contributed by atoms with Gasteiger partial charge in [0.2, 0.25) is 0 Å². The smallest absolute Gasteiger partial charge is 0.162 e. The van der Waals surface area contributed by atoms with Crippen molar-refractivity contribution in [2.24, 2.45) is 0 Å². The van der Waals surface area contributed by atoms with Crippen molar-refractivity contribution in [3.8, 4) is 0 Å². The first kappa shape index (κ1) is 13.7. The number of allylic oxidation sites excluding steroid dienone is 1. The van der Waals surface area contributed by atoms with Crippen LogP contribution in [0.4, 0.5) is 0 Å². The molecule has 0 aliphatic carbocycles. The third-order valence-corrected chi connectivity index (χ3v) is 3.14. The second-order valence-corrected chi connectivity index (χ2v) is 4.61. The Morgan fingerprint density at radius 3 is 2.59 bits per heavy atom. The zero-order chi connectivity index (χ0) is 12.7. The summed E-state index contributed by atoms with van der Waals surface area (Å²) in [5.74, 6) is 0.270. The first-order valence-corrected chi connectivity index (χ1v) is 6.36. The maximum atomic E-state index is 11.9. The zero-order valence-electron chi connectivity index (χ0n) is 11.0. The molecule has 0 amide bonds. The molecule has 17 heavy (non-hydrogen) atoms. The minimum atomic E-state index is 0.270. The van der Waals surface area contributed by atoms with E-state index in [1.165, 1.54) is 11.1 Å². The Labute approximate surface area is 105 Å². The van der Waals surface area contributed by atoms with E-state index in [0.29, 0.717) is 6.42 Å². The number of Topliss-reactive ketones (excluding diaryl/α,β-unsaturated/α-hetero) is 1.